The van der Waals surface area contributed by atoms with Gasteiger partial charge in [-0.05, 0) is 38.5 Å². The van der Waals surface area contributed by atoms with Crippen molar-refractivity contribution in [3.63, 3.8) is 0 Å². The van der Waals surface area contributed by atoms with Crippen molar-refractivity contribution in [2.45, 2.75) is 39.3 Å². The van der Waals surface area contributed by atoms with Gasteiger partial charge in [0.15, 0.2) is 0 Å². The molecular weight excluding hydrogens is 320 g/mol. The standard InChI is InChI=1S/C18H28N4O3/c1-18(2,3)25-17(24)20-9-6-16(23)22-12-10-21(11-13-22)14-15-4-7-19-8-5-15/h4-5,7-8H,6,9-14H2,1-3H3,(H,20,24). The highest BCUT2D eigenvalue weighted by Gasteiger charge is 2.21. The quantitative estimate of drug-likeness (QED) is 0.876. The van der Waals surface area contributed by atoms with Crippen LogP contribution >= 0.6 is 0 Å². The minimum atomic E-state index is -0.529. The van der Waals surface area contributed by atoms with E-state index >= 15 is 0 Å². The summed E-state index contributed by atoms with van der Waals surface area (Å²) in [6.45, 7) is 9.75. The molecule has 1 aliphatic rings. The van der Waals surface area contributed by atoms with E-state index in [9.17, 15) is 9.59 Å². The topological polar surface area (TPSA) is 74.8 Å². The molecule has 0 saturated carbocycles. The Hall–Kier alpha value is -2.15. The van der Waals surface area contributed by atoms with Crippen molar-refractivity contribution in [2.24, 2.45) is 0 Å². The molecule has 0 aromatic carbocycles. The summed E-state index contributed by atoms with van der Waals surface area (Å²) in [6, 6.07) is 4.03. The molecule has 1 aromatic rings. The van der Waals surface area contributed by atoms with Gasteiger partial charge in [-0.2, -0.15) is 0 Å². The van der Waals surface area contributed by atoms with E-state index in [1.54, 1.807) is 12.4 Å². The van der Waals surface area contributed by atoms with Crippen LogP contribution in [-0.4, -0.2) is 65.1 Å². The summed E-state index contributed by atoms with van der Waals surface area (Å²) in [5.74, 6) is 0.0691. The minimum absolute atomic E-state index is 0.0691. The second kappa shape index (κ2) is 8.80. The lowest BCUT2D eigenvalue weighted by Gasteiger charge is -2.34. The van der Waals surface area contributed by atoms with Gasteiger partial charge in [0.25, 0.3) is 0 Å². The number of piperazine rings is 1. The SMILES string of the molecule is CC(C)(C)OC(=O)NCCC(=O)N1CCN(Cc2ccncc2)CC1. The van der Waals surface area contributed by atoms with Crippen molar-refractivity contribution in [3.05, 3.63) is 30.1 Å². The predicted molar refractivity (Wildman–Crippen MR) is 94.9 cm³/mol. The van der Waals surface area contributed by atoms with E-state index in [0.29, 0.717) is 13.0 Å². The zero-order chi connectivity index (χ0) is 18.3. The number of amides is 2. The van der Waals surface area contributed by atoms with E-state index in [-0.39, 0.29) is 5.91 Å². The highest BCUT2D eigenvalue weighted by molar-refractivity contribution is 5.77. The van der Waals surface area contributed by atoms with Gasteiger partial charge in [0, 0.05) is 58.1 Å². The summed E-state index contributed by atoms with van der Waals surface area (Å²) in [4.78, 5) is 32.0. The maximum Gasteiger partial charge on any atom is 0.407 e. The fourth-order valence-corrected chi connectivity index (χ4v) is 2.65. The van der Waals surface area contributed by atoms with Crippen LogP contribution in [0, 0.1) is 0 Å². The van der Waals surface area contributed by atoms with Crippen molar-refractivity contribution in [2.75, 3.05) is 32.7 Å². The molecule has 1 N–H and O–H groups in total. The largest absolute Gasteiger partial charge is 0.444 e. The molecule has 1 fully saturated rings. The minimum Gasteiger partial charge on any atom is -0.444 e. The number of nitrogens with one attached hydrogen (secondary N) is 1. The average Bonchev–Trinajstić information content (AvgIpc) is 2.54. The van der Waals surface area contributed by atoms with Crippen molar-refractivity contribution in [1.29, 1.82) is 0 Å². The van der Waals surface area contributed by atoms with Gasteiger partial charge in [0.1, 0.15) is 5.60 Å². The van der Waals surface area contributed by atoms with Crippen molar-refractivity contribution in [3.8, 4) is 0 Å². The van der Waals surface area contributed by atoms with Crippen LogP contribution in [0.4, 0.5) is 4.79 Å². The maximum atomic E-state index is 12.2. The molecule has 2 amide bonds. The first-order chi connectivity index (χ1) is 11.8. The number of alkyl carbamates (subject to hydrolysis) is 1. The van der Waals surface area contributed by atoms with Crippen LogP contribution in [0.2, 0.25) is 0 Å². The van der Waals surface area contributed by atoms with Gasteiger partial charge in [0.2, 0.25) is 5.91 Å². The van der Waals surface area contributed by atoms with Gasteiger partial charge < -0.3 is 15.0 Å². The molecule has 2 heterocycles. The smallest absolute Gasteiger partial charge is 0.407 e. The first-order valence-electron chi connectivity index (χ1n) is 8.69. The Kier molecular flexibility index (Phi) is 6.75. The molecule has 0 bridgehead atoms. The number of ether oxygens (including phenoxy) is 1. The third-order valence-corrected chi connectivity index (χ3v) is 3.89. The number of carbonyl (C=O) groups excluding carboxylic acids is 2. The molecule has 0 radical (unpaired) electrons. The summed E-state index contributed by atoms with van der Waals surface area (Å²) in [7, 11) is 0. The Labute approximate surface area is 149 Å². The molecule has 0 atom stereocenters. The molecule has 1 aliphatic heterocycles. The Morgan fingerprint density at radius 2 is 1.80 bits per heavy atom. The molecule has 1 aromatic heterocycles. The number of aromatic nitrogens is 1. The molecule has 1 saturated heterocycles. The third kappa shape index (κ3) is 7.09. The number of hydrogen-bond donors (Lipinski definition) is 1. The molecule has 7 heteroatoms. The number of hydrogen-bond acceptors (Lipinski definition) is 5. The zero-order valence-electron chi connectivity index (χ0n) is 15.3. The predicted octanol–water partition coefficient (Wildman–Crippen LogP) is 1.64. The first kappa shape index (κ1) is 19.2. The Morgan fingerprint density at radius 3 is 2.40 bits per heavy atom. The van der Waals surface area contributed by atoms with E-state index in [1.807, 2.05) is 37.8 Å². The second-order valence-electron chi connectivity index (χ2n) is 7.19. The molecular formula is C18H28N4O3. The van der Waals surface area contributed by atoms with Gasteiger partial charge in [-0.15, -0.1) is 0 Å². The fourth-order valence-electron chi connectivity index (χ4n) is 2.65. The van der Waals surface area contributed by atoms with Gasteiger partial charge in [-0.1, -0.05) is 0 Å². The molecule has 0 aliphatic carbocycles. The number of rotatable bonds is 5. The molecule has 25 heavy (non-hydrogen) atoms. The van der Waals surface area contributed by atoms with Crippen molar-refractivity contribution < 1.29 is 14.3 Å². The zero-order valence-corrected chi connectivity index (χ0v) is 15.3. The first-order valence-corrected chi connectivity index (χ1v) is 8.69. The van der Waals surface area contributed by atoms with E-state index in [4.69, 9.17) is 4.74 Å². The molecule has 138 valence electrons. The maximum absolute atomic E-state index is 12.2. The summed E-state index contributed by atoms with van der Waals surface area (Å²) < 4.78 is 5.15. The van der Waals surface area contributed by atoms with Gasteiger partial charge in [0.05, 0.1) is 0 Å². The molecule has 0 unspecified atom stereocenters. The average molecular weight is 348 g/mol. The van der Waals surface area contributed by atoms with Crippen LogP contribution in [-0.2, 0) is 16.1 Å². The van der Waals surface area contributed by atoms with Gasteiger partial charge in [-0.25, -0.2) is 4.79 Å². The summed E-state index contributed by atoms with van der Waals surface area (Å²) in [5, 5.41) is 2.63. The van der Waals surface area contributed by atoms with Gasteiger partial charge in [-0.3, -0.25) is 14.7 Å². The summed E-state index contributed by atoms with van der Waals surface area (Å²) >= 11 is 0. The monoisotopic (exact) mass is 348 g/mol. The lowest BCUT2D eigenvalue weighted by molar-refractivity contribution is -0.132. The summed E-state index contributed by atoms with van der Waals surface area (Å²) in [6.07, 6.45) is 3.41. The second-order valence-corrected chi connectivity index (χ2v) is 7.19. The molecule has 7 nitrogen and oxygen atoms in total. The highest BCUT2D eigenvalue weighted by Crippen LogP contribution is 2.09. The summed E-state index contributed by atoms with van der Waals surface area (Å²) in [5.41, 5.74) is 0.704. The van der Waals surface area contributed by atoms with E-state index in [1.165, 1.54) is 5.56 Å². The number of carbonyl (C=O) groups is 2. The lowest BCUT2D eigenvalue weighted by Crippen LogP contribution is -2.48. The lowest BCUT2D eigenvalue weighted by atomic mass is 10.2. The van der Waals surface area contributed by atoms with Crippen LogP contribution < -0.4 is 5.32 Å². The highest BCUT2D eigenvalue weighted by atomic mass is 16.6. The van der Waals surface area contributed by atoms with Crippen LogP contribution in [0.15, 0.2) is 24.5 Å². The Bertz CT molecular complexity index is 563. The van der Waals surface area contributed by atoms with E-state index in [2.05, 4.69) is 15.2 Å². The number of nitrogens with zero attached hydrogens (tertiary/aromatic N) is 3. The Balaban J connectivity index is 1.65. The van der Waals surface area contributed by atoms with Crippen molar-refractivity contribution >= 4 is 12.0 Å². The van der Waals surface area contributed by atoms with Crippen LogP contribution in [0.25, 0.3) is 0 Å². The third-order valence-electron chi connectivity index (χ3n) is 3.89. The van der Waals surface area contributed by atoms with Crippen molar-refractivity contribution in [1.82, 2.24) is 20.1 Å². The number of pyridine rings is 1. The Morgan fingerprint density at radius 1 is 1.16 bits per heavy atom. The van der Waals surface area contributed by atoms with E-state index < -0.39 is 11.7 Å². The normalized spacial score (nSPS) is 15.7. The molecule has 2 rings (SSSR count). The fraction of sp³-hybridized carbons (Fsp3) is 0.611. The van der Waals surface area contributed by atoms with E-state index in [0.717, 1.165) is 32.7 Å². The van der Waals surface area contributed by atoms with Gasteiger partial charge >= 0.3 is 6.09 Å². The van der Waals surface area contributed by atoms with Crippen LogP contribution in [0.3, 0.4) is 0 Å². The van der Waals surface area contributed by atoms with Crippen LogP contribution in [0.1, 0.15) is 32.8 Å². The molecule has 0 spiro atoms. The van der Waals surface area contributed by atoms with Crippen LogP contribution in [0.5, 0.6) is 0 Å².